The predicted molar refractivity (Wildman–Crippen MR) is 74.9 cm³/mol. The Bertz CT molecular complexity index is 647. The van der Waals surface area contributed by atoms with Crippen LogP contribution < -0.4 is 4.74 Å². The zero-order valence-corrected chi connectivity index (χ0v) is 11.8. The number of aromatic amines is 1. The van der Waals surface area contributed by atoms with Gasteiger partial charge < -0.3 is 14.5 Å². The maximum absolute atomic E-state index is 5.47. The molecule has 0 saturated heterocycles. The monoisotopic (exact) mass is 280 g/mol. The molecule has 102 valence electrons. The number of fused-ring (bicyclic) bond motifs is 1. The molecule has 0 saturated carbocycles. The van der Waals surface area contributed by atoms with E-state index < -0.39 is 0 Å². The number of rotatable bonds is 6. The summed E-state index contributed by atoms with van der Waals surface area (Å²) < 4.78 is 13.1. The molecule has 0 radical (unpaired) electrons. The predicted octanol–water partition coefficient (Wildman–Crippen LogP) is 2.09. The third-order valence-electron chi connectivity index (χ3n) is 2.53. The number of imidazole rings is 1. The Hall–Kier alpha value is -1.73. The highest BCUT2D eigenvalue weighted by atomic mass is 32.1. The van der Waals surface area contributed by atoms with Crippen LogP contribution in [0.2, 0.25) is 0 Å². The van der Waals surface area contributed by atoms with Crippen LogP contribution in [0.4, 0.5) is 0 Å². The Labute approximate surface area is 116 Å². The van der Waals surface area contributed by atoms with Crippen LogP contribution in [0, 0.1) is 4.77 Å². The van der Waals surface area contributed by atoms with Crippen LogP contribution in [0.5, 0.6) is 5.88 Å². The van der Waals surface area contributed by atoms with E-state index in [1.807, 2.05) is 11.5 Å². The minimum Gasteiger partial charge on any atom is -0.479 e. The molecule has 7 heteroatoms. The zero-order chi connectivity index (χ0) is 13.8. The molecular weight excluding hydrogens is 264 g/mol. The van der Waals surface area contributed by atoms with E-state index >= 15 is 0 Å². The van der Waals surface area contributed by atoms with Crippen molar-refractivity contribution in [2.75, 3.05) is 20.3 Å². The van der Waals surface area contributed by atoms with Crippen LogP contribution in [0.15, 0.2) is 18.5 Å². The Morgan fingerprint density at radius 3 is 3.00 bits per heavy atom. The van der Waals surface area contributed by atoms with Gasteiger partial charge in [0.1, 0.15) is 11.8 Å². The van der Waals surface area contributed by atoms with E-state index in [1.54, 1.807) is 7.11 Å². The highest BCUT2D eigenvalue weighted by molar-refractivity contribution is 7.71. The van der Waals surface area contributed by atoms with Crippen molar-refractivity contribution in [1.82, 2.24) is 19.5 Å². The van der Waals surface area contributed by atoms with Crippen molar-refractivity contribution in [3.05, 3.63) is 23.3 Å². The minimum atomic E-state index is 0.484. The second-order valence-corrected chi connectivity index (χ2v) is 4.56. The molecular formula is C12H16N4O2S. The highest BCUT2D eigenvalue weighted by Crippen LogP contribution is 2.19. The first-order chi connectivity index (χ1) is 9.13. The average molecular weight is 280 g/mol. The van der Waals surface area contributed by atoms with Crippen molar-refractivity contribution in [1.29, 1.82) is 0 Å². The summed E-state index contributed by atoms with van der Waals surface area (Å²) in [6.45, 7) is 7.42. The van der Waals surface area contributed by atoms with Gasteiger partial charge in [-0.1, -0.05) is 12.2 Å². The first-order valence-electron chi connectivity index (χ1n) is 5.83. The lowest BCUT2D eigenvalue weighted by Gasteiger charge is -2.05. The Kier molecular flexibility index (Phi) is 4.28. The van der Waals surface area contributed by atoms with Gasteiger partial charge in [0.25, 0.3) is 0 Å². The van der Waals surface area contributed by atoms with E-state index in [2.05, 4.69) is 21.5 Å². The third-order valence-corrected chi connectivity index (χ3v) is 2.85. The Morgan fingerprint density at radius 1 is 1.53 bits per heavy atom. The summed E-state index contributed by atoms with van der Waals surface area (Å²) in [6.07, 6.45) is 1.45. The molecule has 6 nitrogen and oxygen atoms in total. The molecule has 0 spiro atoms. The second-order valence-electron chi connectivity index (χ2n) is 4.17. The number of nitrogens with one attached hydrogen (secondary N) is 1. The third kappa shape index (κ3) is 2.99. The van der Waals surface area contributed by atoms with Crippen LogP contribution in [0.3, 0.4) is 0 Å². The zero-order valence-electron chi connectivity index (χ0n) is 11.0. The van der Waals surface area contributed by atoms with Crippen LogP contribution in [-0.4, -0.2) is 39.8 Å². The molecule has 19 heavy (non-hydrogen) atoms. The molecule has 0 amide bonds. The molecule has 2 rings (SSSR count). The average Bonchev–Trinajstić information content (AvgIpc) is 2.70. The lowest BCUT2D eigenvalue weighted by atomic mass is 10.4. The summed E-state index contributed by atoms with van der Waals surface area (Å²) in [4.78, 5) is 11.3. The highest BCUT2D eigenvalue weighted by Gasteiger charge is 2.10. The smallest absolute Gasteiger partial charge is 0.242 e. The van der Waals surface area contributed by atoms with Crippen LogP contribution >= 0.6 is 12.2 Å². The van der Waals surface area contributed by atoms with Gasteiger partial charge in [-0.3, -0.25) is 4.57 Å². The normalized spacial score (nSPS) is 10.8. The van der Waals surface area contributed by atoms with E-state index in [0.717, 1.165) is 11.2 Å². The topological polar surface area (TPSA) is 65.0 Å². The minimum absolute atomic E-state index is 0.484. The summed E-state index contributed by atoms with van der Waals surface area (Å²) >= 11 is 5.27. The molecule has 2 heterocycles. The summed E-state index contributed by atoms with van der Waals surface area (Å²) in [6, 6.07) is 0. The summed E-state index contributed by atoms with van der Waals surface area (Å²) in [5.41, 5.74) is 2.41. The van der Waals surface area contributed by atoms with E-state index in [9.17, 15) is 0 Å². The molecule has 0 atom stereocenters. The fraction of sp³-hybridized carbons (Fsp3) is 0.417. The molecule has 1 N–H and O–H groups in total. The van der Waals surface area contributed by atoms with Gasteiger partial charge in [-0.15, -0.1) is 0 Å². The number of hydrogen-bond donors (Lipinski definition) is 1. The summed E-state index contributed by atoms with van der Waals surface area (Å²) in [5, 5.41) is 0. The maximum atomic E-state index is 5.47. The summed E-state index contributed by atoms with van der Waals surface area (Å²) in [5.74, 6) is 0.484. The van der Waals surface area contributed by atoms with Crippen LogP contribution in [-0.2, 0) is 11.3 Å². The van der Waals surface area contributed by atoms with Crippen molar-refractivity contribution in [3.8, 4) is 5.88 Å². The fourth-order valence-electron chi connectivity index (χ4n) is 1.71. The Morgan fingerprint density at radius 2 is 2.32 bits per heavy atom. The second kappa shape index (κ2) is 5.94. The van der Waals surface area contributed by atoms with Gasteiger partial charge in [0.05, 0.1) is 26.9 Å². The van der Waals surface area contributed by atoms with E-state index in [1.165, 1.54) is 6.33 Å². The molecule has 0 fully saturated rings. The van der Waals surface area contributed by atoms with Gasteiger partial charge >= 0.3 is 0 Å². The number of nitrogens with zero attached hydrogens (tertiary/aromatic N) is 3. The lowest BCUT2D eigenvalue weighted by Crippen LogP contribution is -2.08. The number of hydrogen-bond acceptors (Lipinski definition) is 5. The van der Waals surface area contributed by atoms with Crippen molar-refractivity contribution in [2.24, 2.45) is 0 Å². The number of H-pyrrole nitrogens is 1. The molecule has 0 aliphatic heterocycles. The quantitative estimate of drug-likeness (QED) is 0.498. The number of aromatic nitrogens is 4. The van der Waals surface area contributed by atoms with Crippen molar-refractivity contribution in [3.63, 3.8) is 0 Å². The van der Waals surface area contributed by atoms with Gasteiger partial charge in [0.2, 0.25) is 5.88 Å². The SMILES string of the molecule is C=C(C)COCCn1c(=S)[nH]c2c(OC)ncnc21. The molecule has 0 unspecified atom stereocenters. The largest absolute Gasteiger partial charge is 0.479 e. The molecule has 2 aromatic rings. The number of methoxy groups -OCH3 is 1. The molecule has 0 aliphatic rings. The standard InChI is InChI=1S/C12H16N4O2S/c1-8(2)6-18-5-4-16-10-9(15-12(16)19)11(17-3)14-7-13-10/h7H,1,4-6H2,2-3H3,(H,15,19). The molecule has 2 aromatic heterocycles. The summed E-state index contributed by atoms with van der Waals surface area (Å²) in [7, 11) is 1.56. The van der Waals surface area contributed by atoms with E-state index in [0.29, 0.717) is 35.9 Å². The van der Waals surface area contributed by atoms with Gasteiger partial charge in [-0.2, -0.15) is 4.98 Å². The van der Waals surface area contributed by atoms with Crippen molar-refractivity contribution in [2.45, 2.75) is 13.5 Å². The van der Waals surface area contributed by atoms with Gasteiger partial charge in [-0.05, 0) is 19.1 Å². The molecule has 0 aliphatic carbocycles. The molecule has 0 aromatic carbocycles. The van der Waals surface area contributed by atoms with Gasteiger partial charge in [-0.25, -0.2) is 4.98 Å². The van der Waals surface area contributed by atoms with Crippen molar-refractivity contribution >= 4 is 23.4 Å². The van der Waals surface area contributed by atoms with E-state index in [4.69, 9.17) is 21.7 Å². The fourth-order valence-corrected chi connectivity index (χ4v) is 1.99. The Balaban J connectivity index is 2.21. The van der Waals surface area contributed by atoms with Gasteiger partial charge in [0.15, 0.2) is 10.4 Å². The first kappa shape index (κ1) is 13.7. The van der Waals surface area contributed by atoms with Crippen LogP contribution in [0.25, 0.3) is 11.2 Å². The lowest BCUT2D eigenvalue weighted by molar-refractivity contribution is 0.148. The van der Waals surface area contributed by atoms with Gasteiger partial charge in [0, 0.05) is 0 Å². The molecule has 0 bridgehead atoms. The van der Waals surface area contributed by atoms with E-state index in [-0.39, 0.29) is 0 Å². The number of ether oxygens (including phenoxy) is 2. The first-order valence-corrected chi connectivity index (χ1v) is 6.24. The van der Waals surface area contributed by atoms with Crippen molar-refractivity contribution < 1.29 is 9.47 Å². The van der Waals surface area contributed by atoms with Crippen LogP contribution in [0.1, 0.15) is 6.92 Å². The maximum Gasteiger partial charge on any atom is 0.242 e.